The van der Waals surface area contributed by atoms with E-state index in [4.69, 9.17) is 11.6 Å². The average Bonchev–Trinajstić information content (AvgIpc) is 2.20. The molecule has 0 spiro atoms. The van der Waals surface area contributed by atoms with E-state index < -0.39 is 18.5 Å². The smallest absolute Gasteiger partial charge is 0.290 e. The van der Waals surface area contributed by atoms with Crippen LogP contribution in [0.1, 0.15) is 5.56 Å². The molecule has 0 aliphatic carbocycles. The van der Waals surface area contributed by atoms with Crippen LogP contribution in [0.25, 0.3) is 0 Å². The van der Waals surface area contributed by atoms with Crippen molar-refractivity contribution in [1.82, 2.24) is 4.90 Å². The second kappa shape index (κ2) is 6.73. The standard InChI is InChI=1S/C11H11BrClF4N/c12-3-4-18(7-11(15,16)17)6-8-1-2-9(13)5-10(8)14/h1-2,5H,3-4,6-7H2. The lowest BCUT2D eigenvalue weighted by atomic mass is 10.2. The first-order valence-electron chi connectivity index (χ1n) is 5.11. The molecule has 0 amide bonds. The number of nitrogens with zero attached hydrogens (tertiary/aromatic N) is 1. The minimum Gasteiger partial charge on any atom is -0.290 e. The zero-order valence-corrected chi connectivity index (χ0v) is 11.6. The molecule has 0 fully saturated rings. The van der Waals surface area contributed by atoms with Crippen molar-refractivity contribution >= 4 is 27.5 Å². The Hall–Kier alpha value is -0.330. The summed E-state index contributed by atoms with van der Waals surface area (Å²) in [6.07, 6.45) is -4.30. The molecule has 0 atom stereocenters. The molecule has 0 heterocycles. The topological polar surface area (TPSA) is 3.24 Å². The normalized spacial score (nSPS) is 12.2. The van der Waals surface area contributed by atoms with E-state index in [9.17, 15) is 17.6 Å². The van der Waals surface area contributed by atoms with Gasteiger partial charge >= 0.3 is 6.18 Å². The summed E-state index contributed by atoms with van der Waals surface area (Å²) in [6.45, 7) is -0.990. The van der Waals surface area contributed by atoms with Crippen LogP contribution >= 0.6 is 27.5 Å². The van der Waals surface area contributed by atoms with Crippen molar-refractivity contribution in [2.45, 2.75) is 12.7 Å². The summed E-state index contributed by atoms with van der Waals surface area (Å²) in [5.41, 5.74) is 0.199. The molecule has 7 heteroatoms. The van der Waals surface area contributed by atoms with Crippen LogP contribution in [0, 0.1) is 5.82 Å². The van der Waals surface area contributed by atoms with E-state index in [0.717, 1.165) is 11.0 Å². The maximum absolute atomic E-state index is 13.5. The quantitative estimate of drug-likeness (QED) is 0.568. The number of rotatable bonds is 5. The van der Waals surface area contributed by atoms with Gasteiger partial charge in [-0.05, 0) is 12.1 Å². The fourth-order valence-corrected chi connectivity index (χ4v) is 2.14. The van der Waals surface area contributed by atoms with Gasteiger partial charge in [-0.2, -0.15) is 13.2 Å². The predicted molar refractivity (Wildman–Crippen MR) is 66.5 cm³/mol. The lowest BCUT2D eigenvalue weighted by Gasteiger charge is -2.23. The van der Waals surface area contributed by atoms with E-state index in [0.29, 0.717) is 5.33 Å². The number of hydrogen-bond donors (Lipinski definition) is 0. The van der Waals surface area contributed by atoms with Crippen molar-refractivity contribution in [3.63, 3.8) is 0 Å². The molecule has 1 aromatic rings. The molecule has 102 valence electrons. The number of halogens is 6. The molecular formula is C11H11BrClF4N. The van der Waals surface area contributed by atoms with Gasteiger partial charge in [0.1, 0.15) is 5.82 Å². The van der Waals surface area contributed by atoms with Gasteiger partial charge < -0.3 is 0 Å². The molecular weight excluding hydrogens is 337 g/mol. The fraction of sp³-hybridized carbons (Fsp3) is 0.455. The summed E-state index contributed by atoms with van der Waals surface area (Å²) in [5.74, 6) is -0.593. The predicted octanol–water partition coefficient (Wildman–Crippen LogP) is 4.24. The van der Waals surface area contributed by atoms with Crippen LogP contribution in [0.4, 0.5) is 17.6 Å². The average molecular weight is 349 g/mol. The minimum atomic E-state index is -4.30. The Bertz CT molecular complexity index is 397. The molecule has 0 unspecified atom stereocenters. The highest BCUT2D eigenvalue weighted by Crippen LogP contribution is 2.20. The first-order valence-corrected chi connectivity index (χ1v) is 6.61. The monoisotopic (exact) mass is 347 g/mol. The van der Waals surface area contributed by atoms with Gasteiger partial charge in [-0.1, -0.05) is 33.6 Å². The molecule has 0 aliphatic rings. The zero-order chi connectivity index (χ0) is 13.8. The Morgan fingerprint density at radius 3 is 2.44 bits per heavy atom. The Morgan fingerprint density at radius 1 is 1.28 bits per heavy atom. The highest BCUT2D eigenvalue weighted by molar-refractivity contribution is 9.09. The van der Waals surface area contributed by atoms with E-state index in [1.54, 1.807) is 0 Å². The van der Waals surface area contributed by atoms with Crippen molar-refractivity contribution in [1.29, 1.82) is 0 Å². The summed E-state index contributed by atoms with van der Waals surface area (Å²) in [7, 11) is 0. The van der Waals surface area contributed by atoms with Gasteiger partial charge in [-0.15, -0.1) is 0 Å². The summed E-state index contributed by atoms with van der Waals surface area (Å²) in [4.78, 5) is 1.13. The molecule has 1 nitrogen and oxygen atoms in total. The van der Waals surface area contributed by atoms with Crippen molar-refractivity contribution in [2.75, 3.05) is 18.4 Å². The van der Waals surface area contributed by atoms with Gasteiger partial charge in [-0.25, -0.2) is 4.39 Å². The molecule has 0 aromatic heterocycles. The first-order chi connectivity index (χ1) is 8.31. The largest absolute Gasteiger partial charge is 0.401 e. The van der Waals surface area contributed by atoms with Crippen molar-refractivity contribution in [3.05, 3.63) is 34.6 Å². The summed E-state index contributed by atoms with van der Waals surface area (Å²) < 4.78 is 50.5. The summed E-state index contributed by atoms with van der Waals surface area (Å²) in [6, 6.07) is 3.95. The highest BCUT2D eigenvalue weighted by atomic mass is 79.9. The zero-order valence-electron chi connectivity index (χ0n) is 9.28. The van der Waals surface area contributed by atoms with E-state index >= 15 is 0 Å². The second-order valence-electron chi connectivity index (χ2n) is 3.75. The lowest BCUT2D eigenvalue weighted by Crippen LogP contribution is -2.35. The van der Waals surface area contributed by atoms with E-state index in [-0.39, 0.29) is 23.7 Å². The Morgan fingerprint density at radius 2 is 1.94 bits per heavy atom. The maximum atomic E-state index is 13.5. The molecule has 0 N–H and O–H groups in total. The van der Waals surface area contributed by atoms with Gasteiger partial charge in [0.05, 0.1) is 6.54 Å². The molecule has 0 bridgehead atoms. The van der Waals surface area contributed by atoms with Gasteiger partial charge in [0.15, 0.2) is 0 Å². The SMILES string of the molecule is Fc1cc(Cl)ccc1CN(CCBr)CC(F)(F)F. The molecule has 0 radical (unpaired) electrons. The minimum absolute atomic E-state index is 0.103. The van der Waals surface area contributed by atoms with Gasteiger partial charge in [0.2, 0.25) is 0 Å². The van der Waals surface area contributed by atoms with Crippen molar-refractivity contribution < 1.29 is 17.6 Å². The Balaban J connectivity index is 2.76. The Labute approximate surface area is 116 Å². The second-order valence-corrected chi connectivity index (χ2v) is 4.98. The first kappa shape index (κ1) is 15.7. The number of alkyl halides is 4. The fourth-order valence-electron chi connectivity index (χ4n) is 1.48. The van der Waals surface area contributed by atoms with E-state index in [2.05, 4.69) is 15.9 Å². The van der Waals surface area contributed by atoms with Crippen LogP contribution in [-0.2, 0) is 6.54 Å². The van der Waals surface area contributed by atoms with Crippen LogP contribution in [0.5, 0.6) is 0 Å². The molecule has 0 saturated heterocycles. The molecule has 0 saturated carbocycles. The highest BCUT2D eigenvalue weighted by Gasteiger charge is 2.30. The third kappa shape index (κ3) is 5.54. The number of hydrogen-bond acceptors (Lipinski definition) is 1. The van der Waals surface area contributed by atoms with Crippen LogP contribution in [-0.4, -0.2) is 29.5 Å². The van der Waals surface area contributed by atoms with Crippen molar-refractivity contribution in [2.24, 2.45) is 0 Å². The summed E-state index contributed by atoms with van der Waals surface area (Å²) >= 11 is 8.66. The van der Waals surface area contributed by atoms with Gasteiger partial charge in [-0.3, -0.25) is 4.90 Å². The lowest BCUT2D eigenvalue weighted by molar-refractivity contribution is -0.146. The van der Waals surface area contributed by atoms with Gasteiger partial charge in [0, 0.05) is 29.0 Å². The molecule has 1 rings (SSSR count). The van der Waals surface area contributed by atoms with Crippen LogP contribution < -0.4 is 0 Å². The maximum Gasteiger partial charge on any atom is 0.401 e. The van der Waals surface area contributed by atoms with Gasteiger partial charge in [0.25, 0.3) is 0 Å². The molecule has 18 heavy (non-hydrogen) atoms. The van der Waals surface area contributed by atoms with Crippen molar-refractivity contribution in [3.8, 4) is 0 Å². The van der Waals surface area contributed by atoms with Crippen LogP contribution in [0.3, 0.4) is 0 Å². The Kier molecular flexibility index (Phi) is 5.88. The third-order valence-corrected chi connectivity index (χ3v) is 2.80. The third-order valence-electron chi connectivity index (χ3n) is 2.21. The summed E-state index contributed by atoms with van der Waals surface area (Å²) in [5, 5.41) is 0.609. The van der Waals surface area contributed by atoms with E-state index in [1.165, 1.54) is 12.1 Å². The molecule has 0 aliphatic heterocycles. The number of benzene rings is 1. The van der Waals surface area contributed by atoms with Crippen LogP contribution in [0.15, 0.2) is 18.2 Å². The molecule has 1 aromatic carbocycles. The van der Waals surface area contributed by atoms with Crippen LogP contribution in [0.2, 0.25) is 5.02 Å². The van der Waals surface area contributed by atoms with E-state index in [1.807, 2.05) is 0 Å².